The van der Waals surface area contributed by atoms with E-state index in [4.69, 9.17) is 5.11 Å². The molecule has 0 atom stereocenters. The van der Waals surface area contributed by atoms with Crippen molar-refractivity contribution in [2.24, 2.45) is 0 Å². The number of aliphatic hydroxyl groups excluding tert-OH is 1. The van der Waals surface area contributed by atoms with Gasteiger partial charge in [0.05, 0.1) is 6.61 Å². The Bertz CT molecular complexity index is 352. The Morgan fingerprint density at radius 2 is 1.73 bits per heavy atom. The summed E-state index contributed by atoms with van der Waals surface area (Å²) in [5, 5.41) is 8.81. The van der Waals surface area contributed by atoms with Gasteiger partial charge in [0.15, 0.2) is 5.78 Å². The van der Waals surface area contributed by atoms with E-state index < -0.39 is 0 Å². The fraction of sp³-hybridized carbons (Fsp3) is 0.333. The van der Waals surface area contributed by atoms with Crippen molar-refractivity contribution in [3.63, 3.8) is 0 Å². The van der Waals surface area contributed by atoms with Gasteiger partial charge in [0.2, 0.25) is 0 Å². The Hall–Kier alpha value is -1.48. The summed E-state index contributed by atoms with van der Waals surface area (Å²) in [6.07, 6.45) is 0.550. The fourth-order valence-electron chi connectivity index (χ4n) is 1.23. The highest BCUT2D eigenvalue weighted by molar-refractivity contribution is 5.97. The number of hydrogen-bond acceptors (Lipinski definition) is 3. The minimum Gasteiger partial charge on any atom is -0.392 e. The number of carbonyl (C=O) groups is 2. The zero-order valence-electron chi connectivity index (χ0n) is 8.69. The summed E-state index contributed by atoms with van der Waals surface area (Å²) in [4.78, 5) is 22.2. The first-order valence-corrected chi connectivity index (χ1v) is 4.86. The lowest BCUT2D eigenvalue weighted by atomic mass is 10.0. The van der Waals surface area contributed by atoms with E-state index in [-0.39, 0.29) is 24.6 Å². The van der Waals surface area contributed by atoms with E-state index in [1.54, 1.807) is 24.3 Å². The van der Waals surface area contributed by atoms with Crippen LogP contribution >= 0.6 is 0 Å². The lowest BCUT2D eigenvalue weighted by Crippen LogP contribution is -2.02. The first kappa shape index (κ1) is 11.6. The third-order valence-corrected chi connectivity index (χ3v) is 2.16. The lowest BCUT2D eigenvalue weighted by Gasteiger charge is -2.00. The highest BCUT2D eigenvalue weighted by Gasteiger charge is 2.06. The molecular weight excluding hydrogens is 192 g/mol. The molecule has 0 aliphatic carbocycles. The number of benzene rings is 1. The van der Waals surface area contributed by atoms with Crippen LogP contribution in [0.3, 0.4) is 0 Å². The summed E-state index contributed by atoms with van der Waals surface area (Å²) in [6.45, 7) is 1.45. The van der Waals surface area contributed by atoms with Crippen LogP contribution in [0.15, 0.2) is 24.3 Å². The Morgan fingerprint density at radius 3 is 2.20 bits per heavy atom. The van der Waals surface area contributed by atoms with Crippen LogP contribution in [0.4, 0.5) is 0 Å². The first-order valence-electron chi connectivity index (χ1n) is 4.86. The van der Waals surface area contributed by atoms with Gasteiger partial charge in [0.25, 0.3) is 0 Å². The molecule has 0 aromatic heterocycles. The third-order valence-electron chi connectivity index (χ3n) is 2.16. The molecule has 0 amide bonds. The van der Waals surface area contributed by atoms with Crippen LogP contribution in [-0.4, -0.2) is 16.7 Å². The predicted octanol–water partition coefficient (Wildman–Crippen LogP) is 1.73. The van der Waals surface area contributed by atoms with Gasteiger partial charge < -0.3 is 9.90 Å². The first-order chi connectivity index (χ1) is 7.13. The van der Waals surface area contributed by atoms with E-state index in [1.807, 2.05) is 0 Å². The molecule has 3 heteroatoms. The van der Waals surface area contributed by atoms with Crippen molar-refractivity contribution in [3.8, 4) is 0 Å². The Morgan fingerprint density at radius 1 is 1.13 bits per heavy atom. The van der Waals surface area contributed by atoms with Crippen molar-refractivity contribution in [2.75, 3.05) is 0 Å². The largest absolute Gasteiger partial charge is 0.392 e. The quantitative estimate of drug-likeness (QED) is 0.746. The molecule has 0 fully saturated rings. The fourth-order valence-corrected chi connectivity index (χ4v) is 1.23. The number of aliphatic hydroxyl groups is 1. The predicted molar refractivity (Wildman–Crippen MR) is 56.6 cm³/mol. The number of ketones is 2. The average molecular weight is 206 g/mol. The molecule has 0 aliphatic rings. The minimum absolute atomic E-state index is 0.0235. The number of rotatable bonds is 5. The van der Waals surface area contributed by atoms with Crippen molar-refractivity contribution in [3.05, 3.63) is 35.4 Å². The van der Waals surface area contributed by atoms with Crippen LogP contribution in [-0.2, 0) is 11.4 Å². The van der Waals surface area contributed by atoms with Crippen LogP contribution in [0.2, 0.25) is 0 Å². The second kappa shape index (κ2) is 5.41. The molecule has 0 spiro atoms. The van der Waals surface area contributed by atoms with E-state index >= 15 is 0 Å². The van der Waals surface area contributed by atoms with Gasteiger partial charge in [-0.3, -0.25) is 4.79 Å². The van der Waals surface area contributed by atoms with Gasteiger partial charge in [-0.25, -0.2) is 0 Å². The Balaban J connectivity index is 2.62. The summed E-state index contributed by atoms with van der Waals surface area (Å²) in [5.74, 6) is -0.00924. The summed E-state index contributed by atoms with van der Waals surface area (Å²) in [5.41, 5.74) is 1.37. The van der Waals surface area contributed by atoms with Crippen LogP contribution in [0, 0.1) is 0 Å². The minimum atomic E-state index is -0.0327. The molecule has 1 rings (SSSR count). The zero-order valence-corrected chi connectivity index (χ0v) is 8.69. The zero-order chi connectivity index (χ0) is 11.3. The maximum absolute atomic E-state index is 11.5. The maximum atomic E-state index is 11.5. The molecule has 0 heterocycles. The van der Waals surface area contributed by atoms with E-state index in [2.05, 4.69) is 0 Å². The second-order valence-electron chi connectivity index (χ2n) is 3.48. The number of hydrogen-bond donors (Lipinski definition) is 1. The molecule has 3 nitrogen and oxygen atoms in total. The van der Waals surface area contributed by atoms with E-state index in [0.717, 1.165) is 5.56 Å². The Kier molecular flexibility index (Phi) is 4.18. The van der Waals surface area contributed by atoms with E-state index in [9.17, 15) is 9.59 Å². The van der Waals surface area contributed by atoms with Gasteiger partial charge in [-0.2, -0.15) is 0 Å². The van der Waals surface area contributed by atoms with Crippen molar-refractivity contribution in [1.29, 1.82) is 0 Å². The van der Waals surface area contributed by atoms with Crippen LogP contribution in [0.5, 0.6) is 0 Å². The molecule has 1 aromatic rings. The standard InChI is InChI=1S/C12H14O3/c1-9(14)2-7-12(15)11-5-3-10(8-13)4-6-11/h3-6,13H,2,7-8H2,1H3. The smallest absolute Gasteiger partial charge is 0.163 e. The van der Waals surface area contributed by atoms with E-state index in [1.165, 1.54) is 6.92 Å². The molecule has 0 saturated heterocycles. The molecule has 0 unspecified atom stereocenters. The number of Topliss-reactive ketones (excluding diaryl/α,β-unsaturated/α-hetero) is 2. The summed E-state index contributed by atoms with van der Waals surface area (Å²) >= 11 is 0. The van der Waals surface area contributed by atoms with Crippen LogP contribution in [0.25, 0.3) is 0 Å². The molecule has 0 bridgehead atoms. The molecule has 80 valence electrons. The molecule has 0 radical (unpaired) electrons. The summed E-state index contributed by atoms with van der Waals surface area (Å²) in [6, 6.07) is 6.77. The molecule has 0 saturated carbocycles. The van der Waals surface area contributed by atoms with Crippen molar-refractivity contribution in [2.45, 2.75) is 26.4 Å². The molecular formula is C12H14O3. The lowest BCUT2D eigenvalue weighted by molar-refractivity contribution is -0.116. The third kappa shape index (κ3) is 3.64. The van der Waals surface area contributed by atoms with Crippen LogP contribution in [0.1, 0.15) is 35.7 Å². The Labute approximate surface area is 88.7 Å². The highest BCUT2D eigenvalue weighted by atomic mass is 16.3. The molecule has 1 aromatic carbocycles. The topological polar surface area (TPSA) is 54.4 Å². The SMILES string of the molecule is CC(=O)CCC(=O)c1ccc(CO)cc1. The molecule has 1 N–H and O–H groups in total. The highest BCUT2D eigenvalue weighted by Crippen LogP contribution is 2.08. The maximum Gasteiger partial charge on any atom is 0.163 e. The van der Waals surface area contributed by atoms with Gasteiger partial charge in [-0.1, -0.05) is 24.3 Å². The molecule has 0 aliphatic heterocycles. The summed E-state index contributed by atoms with van der Waals surface area (Å²) in [7, 11) is 0. The second-order valence-corrected chi connectivity index (χ2v) is 3.48. The van der Waals surface area contributed by atoms with Gasteiger partial charge >= 0.3 is 0 Å². The van der Waals surface area contributed by atoms with Crippen molar-refractivity contribution >= 4 is 11.6 Å². The van der Waals surface area contributed by atoms with Gasteiger partial charge in [0.1, 0.15) is 5.78 Å². The normalized spacial score (nSPS) is 10.0. The van der Waals surface area contributed by atoms with Crippen molar-refractivity contribution < 1.29 is 14.7 Å². The molecule has 15 heavy (non-hydrogen) atoms. The van der Waals surface area contributed by atoms with Gasteiger partial charge in [-0.05, 0) is 12.5 Å². The number of carbonyl (C=O) groups excluding carboxylic acids is 2. The monoisotopic (exact) mass is 206 g/mol. The van der Waals surface area contributed by atoms with Crippen LogP contribution < -0.4 is 0 Å². The van der Waals surface area contributed by atoms with Gasteiger partial charge in [0, 0.05) is 18.4 Å². The van der Waals surface area contributed by atoms with Crippen molar-refractivity contribution in [1.82, 2.24) is 0 Å². The van der Waals surface area contributed by atoms with Gasteiger partial charge in [-0.15, -0.1) is 0 Å². The summed E-state index contributed by atoms with van der Waals surface area (Å²) < 4.78 is 0. The average Bonchev–Trinajstić information content (AvgIpc) is 2.26. The van der Waals surface area contributed by atoms with E-state index in [0.29, 0.717) is 12.0 Å².